The fourth-order valence-electron chi connectivity index (χ4n) is 1.58. The van der Waals surface area contributed by atoms with Gasteiger partial charge in [-0.15, -0.1) is 0 Å². The third-order valence-electron chi connectivity index (χ3n) is 2.54. The second-order valence-electron chi connectivity index (χ2n) is 3.75. The summed E-state index contributed by atoms with van der Waals surface area (Å²) in [6, 6.07) is 1.62. The molecule has 0 N–H and O–H groups in total. The van der Waals surface area contributed by atoms with Crippen molar-refractivity contribution in [3.63, 3.8) is 0 Å². The first-order chi connectivity index (χ1) is 8.66. The standard InChI is InChI=1S/C10H8BrF3N2O2S/c1-2-19(17,18)9-8(11)15-7-5-6(10(12,13)14)3-4-16(7)9/h3-5H,2H2,1H3. The number of halogens is 4. The van der Waals surface area contributed by atoms with E-state index in [1.807, 2.05) is 0 Å². The van der Waals surface area contributed by atoms with E-state index in [9.17, 15) is 21.6 Å². The van der Waals surface area contributed by atoms with Crippen molar-refractivity contribution in [1.29, 1.82) is 0 Å². The second-order valence-corrected chi connectivity index (χ2v) is 6.70. The van der Waals surface area contributed by atoms with Gasteiger partial charge in [0.25, 0.3) is 0 Å². The molecule has 0 unspecified atom stereocenters. The minimum absolute atomic E-state index is 0.00803. The molecular weight excluding hydrogens is 349 g/mol. The lowest BCUT2D eigenvalue weighted by Gasteiger charge is -2.07. The summed E-state index contributed by atoms with van der Waals surface area (Å²) in [5.41, 5.74) is -0.952. The number of rotatable bonds is 2. The van der Waals surface area contributed by atoms with Crippen LogP contribution in [0.2, 0.25) is 0 Å². The van der Waals surface area contributed by atoms with Crippen LogP contribution in [0.3, 0.4) is 0 Å². The Morgan fingerprint density at radius 3 is 2.58 bits per heavy atom. The summed E-state index contributed by atoms with van der Waals surface area (Å²) in [6.45, 7) is 1.45. The van der Waals surface area contributed by atoms with E-state index in [2.05, 4.69) is 20.9 Å². The summed E-state index contributed by atoms with van der Waals surface area (Å²) < 4.78 is 62.5. The van der Waals surface area contributed by atoms with Gasteiger partial charge in [-0.2, -0.15) is 13.2 Å². The monoisotopic (exact) mass is 356 g/mol. The molecule has 0 aliphatic carbocycles. The number of nitrogens with zero attached hydrogens (tertiary/aromatic N) is 2. The lowest BCUT2D eigenvalue weighted by Crippen LogP contribution is -2.09. The van der Waals surface area contributed by atoms with Gasteiger partial charge in [0.2, 0.25) is 0 Å². The Morgan fingerprint density at radius 1 is 1.42 bits per heavy atom. The molecule has 0 amide bonds. The molecule has 0 radical (unpaired) electrons. The molecule has 9 heteroatoms. The molecule has 19 heavy (non-hydrogen) atoms. The highest BCUT2D eigenvalue weighted by atomic mass is 79.9. The quantitative estimate of drug-likeness (QED) is 0.831. The van der Waals surface area contributed by atoms with E-state index in [0.29, 0.717) is 0 Å². The van der Waals surface area contributed by atoms with Crippen molar-refractivity contribution >= 4 is 31.4 Å². The van der Waals surface area contributed by atoms with Crippen LogP contribution in [0.4, 0.5) is 13.2 Å². The number of hydrogen-bond acceptors (Lipinski definition) is 3. The van der Waals surface area contributed by atoms with E-state index in [0.717, 1.165) is 22.7 Å². The Kier molecular flexibility index (Phi) is 3.38. The average molecular weight is 357 g/mol. The molecule has 0 saturated carbocycles. The van der Waals surface area contributed by atoms with Crippen LogP contribution in [0.1, 0.15) is 12.5 Å². The highest BCUT2D eigenvalue weighted by molar-refractivity contribution is 9.10. The zero-order valence-corrected chi connectivity index (χ0v) is 12.0. The molecule has 0 aliphatic heterocycles. The summed E-state index contributed by atoms with van der Waals surface area (Å²) in [7, 11) is -3.59. The number of aromatic nitrogens is 2. The van der Waals surface area contributed by atoms with Gasteiger partial charge in [-0.3, -0.25) is 4.40 Å². The zero-order valence-electron chi connectivity index (χ0n) is 9.57. The maximum absolute atomic E-state index is 12.6. The molecule has 104 valence electrons. The van der Waals surface area contributed by atoms with Gasteiger partial charge < -0.3 is 0 Å². The number of sulfone groups is 1. The first-order valence-electron chi connectivity index (χ1n) is 5.14. The van der Waals surface area contributed by atoms with Gasteiger partial charge in [0.05, 0.1) is 11.3 Å². The Balaban J connectivity index is 2.75. The van der Waals surface area contributed by atoms with Crippen molar-refractivity contribution in [2.75, 3.05) is 5.75 Å². The average Bonchev–Trinajstić information content (AvgIpc) is 2.63. The number of imidazole rings is 1. The van der Waals surface area contributed by atoms with Crippen molar-refractivity contribution in [2.24, 2.45) is 0 Å². The topological polar surface area (TPSA) is 51.4 Å². The summed E-state index contributed by atoms with van der Waals surface area (Å²) in [5, 5.41) is -0.140. The molecule has 2 aromatic rings. The van der Waals surface area contributed by atoms with Crippen molar-refractivity contribution in [1.82, 2.24) is 9.38 Å². The van der Waals surface area contributed by atoms with Gasteiger partial charge in [-0.25, -0.2) is 13.4 Å². The number of pyridine rings is 1. The molecule has 0 atom stereocenters. The lowest BCUT2D eigenvalue weighted by molar-refractivity contribution is -0.137. The van der Waals surface area contributed by atoms with Crippen molar-refractivity contribution in [2.45, 2.75) is 18.1 Å². The van der Waals surface area contributed by atoms with E-state index in [-0.39, 0.29) is 21.0 Å². The third-order valence-corrected chi connectivity index (χ3v) is 5.10. The van der Waals surface area contributed by atoms with E-state index in [1.54, 1.807) is 0 Å². The van der Waals surface area contributed by atoms with Crippen molar-refractivity contribution in [3.05, 3.63) is 28.5 Å². The predicted octanol–water partition coefficient (Wildman–Crippen LogP) is 2.91. The summed E-state index contributed by atoms with van der Waals surface area (Å²) >= 11 is 2.97. The van der Waals surface area contributed by atoms with Crippen LogP contribution in [0.5, 0.6) is 0 Å². The van der Waals surface area contributed by atoms with Crippen LogP contribution in [-0.2, 0) is 16.0 Å². The van der Waals surface area contributed by atoms with Gasteiger partial charge in [-0.05, 0) is 28.1 Å². The Bertz CT molecular complexity index is 737. The smallest absolute Gasteiger partial charge is 0.290 e. The van der Waals surface area contributed by atoms with Gasteiger partial charge in [-0.1, -0.05) is 6.92 Å². The molecule has 0 aromatic carbocycles. The highest BCUT2D eigenvalue weighted by Crippen LogP contribution is 2.31. The minimum Gasteiger partial charge on any atom is -0.290 e. The fourth-order valence-corrected chi connectivity index (χ4v) is 3.73. The van der Waals surface area contributed by atoms with E-state index in [4.69, 9.17) is 0 Å². The number of alkyl halides is 3. The molecule has 0 fully saturated rings. The van der Waals surface area contributed by atoms with Crippen molar-refractivity contribution < 1.29 is 21.6 Å². The van der Waals surface area contributed by atoms with Crippen LogP contribution >= 0.6 is 15.9 Å². The number of fused-ring (bicyclic) bond motifs is 1. The maximum atomic E-state index is 12.6. The van der Waals surface area contributed by atoms with Crippen LogP contribution < -0.4 is 0 Å². The fraction of sp³-hybridized carbons (Fsp3) is 0.300. The molecule has 0 aliphatic rings. The zero-order chi connectivity index (χ0) is 14.4. The number of hydrogen-bond donors (Lipinski definition) is 0. The van der Waals surface area contributed by atoms with E-state index >= 15 is 0 Å². The predicted molar refractivity (Wildman–Crippen MR) is 65.6 cm³/mol. The molecule has 2 aromatic heterocycles. The SMILES string of the molecule is CCS(=O)(=O)c1c(Br)nc2cc(C(F)(F)F)ccn12. The van der Waals surface area contributed by atoms with E-state index in [1.165, 1.54) is 6.92 Å². The highest BCUT2D eigenvalue weighted by Gasteiger charge is 2.32. The molecule has 0 saturated heterocycles. The maximum Gasteiger partial charge on any atom is 0.416 e. The normalized spacial score (nSPS) is 13.1. The van der Waals surface area contributed by atoms with Gasteiger partial charge >= 0.3 is 6.18 Å². The second kappa shape index (κ2) is 4.48. The molecule has 0 spiro atoms. The molecular formula is C10H8BrF3N2O2S. The van der Waals surface area contributed by atoms with Gasteiger partial charge in [0, 0.05) is 6.20 Å². The van der Waals surface area contributed by atoms with E-state index < -0.39 is 21.6 Å². The summed E-state index contributed by atoms with van der Waals surface area (Å²) in [5.74, 6) is -0.166. The summed E-state index contributed by atoms with van der Waals surface area (Å²) in [4.78, 5) is 3.80. The van der Waals surface area contributed by atoms with Crippen LogP contribution in [-0.4, -0.2) is 23.6 Å². The lowest BCUT2D eigenvalue weighted by atomic mass is 10.2. The van der Waals surface area contributed by atoms with Crippen molar-refractivity contribution in [3.8, 4) is 0 Å². The first kappa shape index (κ1) is 14.3. The Morgan fingerprint density at radius 2 is 2.05 bits per heavy atom. The molecule has 2 rings (SSSR count). The molecule has 0 bridgehead atoms. The largest absolute Gasteiger partial charge is 0.416 e. The van der Waals surface area contributed by atoms with Gasteiger partial charge in [0.1, 0.15) is 10.3 Å². The van der Waals surface area contributed by atoms with Gasteiger partial charge in [0.15, 0.2) is 14.9 Å². The molecule has 4 nitrogen and oxygen atoms in total. The van der Waals surface area contributed by atoms with Crippen LogP contribution in [0.25, 0.3) is 5.65 Å². The van der Waals surface area contributed by atoms with Crippen LogP contribution in [0, 0.1) is 0 Å². The minimum atomic E-state index is -4.50. The Labute approximate surface area is 115 Å². The summed E-state index contributed by atoms with van der Waals surface area (Å²) in [6.07, 6.45) is -3.44. The first-order valence-corrected chi connectivity index (χ1v) is 7.59. The molecule has 2 heterocycles. The van der Waals surface area contributed by atoms with Crippen LogP contribution in [0.15, 0.2) is 28.0 Å². The Hall–Kier alpha value is -1.09. The third kappa shape index (κ3) is 2.48.